The van der Waals surface area contributed by atoms with Gasteiger partial charge in [-0.1, -0.05) is 18.9 Å². The van der Waals surface area contributed by atoms with Crippen LogP contribution in [0.3, 0.4) is 0 Å². The van der Waals surface area contributed by atoms with Crippen LogP contribution in [0.1, 0.15) is 32.1 Å². The second kappa shape index (κ2) is 3.52. The highest BCUT2D eigenvalue weighted by atomic mass is 16.4. The van der Waals surface area contributed by atoms with E-state index in [0.717, 1.165) is 11.8 Å². The standard InChI is InChI=1S/C11H16O2/c12-11(13)6-5-10-7-8-1-3-9(10)4-2-8/h5-6,8-10H,1-4,7H2,(H,12,13)/b6-5+. The fourth-order valence-electron chi connectivity index (χ4n) is 2.87. The van der Waals surface area contributed by atoms with Gasteiger partial charge in [0.2, 0.25) is 0 Å². The number of hydrogen-bond donors (Lipinski definition) is 1. The maximum absolute atomic E-state index is 10.4. The largest absolute Gasteiger partial charge is 0.478 e. The van der Waals surface area contributed by atoms with Crippen molar-refractivity contribution in [1.29, 1.82) is 0 Å². The number of carboxylic acids is 1. The second-order valence-electron chi connectivity index (χ2n) is 4.38. The van der Waals surface area contributed by atoms with Crippen LogP contribution >= 0.6 is 0 Å². The van der Waals surface area contributed by atoms with Gasteiger partial charge in [0.1, 0.15) is 0 Å². The molecule has 0 aliphatic heterocycles. The molecule has 13 heavy (non-hydrogen) atoms. The molecule has 2 bridgehead atoms. The minimum atomic E-state index is -0.804. The van der Waals surface area contributed by atoms with E-state index in [1.807, 2.05) is 6.08 Å². The van der Waals surface area contributed by atoms with Crippen LogP contribution < -0.4 is 0 Å². The molecule has 72 valence electrons. The van der Waals surface area contributed by atoms with Crippen molar-refractivity contribution in [1.82, 2.24) is 0 Å². The van der Waals surface area contributed by atoms with Crippen LogP contribution in [0, 0.1) is 17.8 Å². The number of carbonyl (C=O) groups is 1. The summed E-state index contributed by atoms with van der Waals surface area (Å²) in [6.07, 6.45) is 9.86. The van der Waals surface area contributed by atoms with Crippen molar-refractivity contribution in [3.05, 3.63) is 12.2 Å². The average molecular weight is 180 g/mol. The summed E-state index contributed by atoms with van der Waals surface area (Å²) in [4.78, 5) is 10.4. The highest BCUT2D eigenvalue weighted by Crippen LogP contribution is 2.45. The van der Waals surface area contributed by atoms with Crippen molar-refractivity contribution < 1.29 is 9.90 Å². The fourth-order valence-corrected chi connectivity index (χ4v) is 2.87. The Kier molecular flexibility index (Phi) is 2.38. The lowest BCUT2D eigenvalue weighted by Crippen LogP contribution is -2.30. The molecule has 2 nitrogen and oxygen atoms in total. The van der Waals surface area contributed by atoms with Gasteiger partial charge in [0.25, 0.3) is 0 Å². The lowest BCUT2D eigenvalue weighted by molar-refractivity contribution is -0.131. The summed E-state index contributed by atoms with van der Waals surface area (Å²) >= 11 is 0. The third-order valence-electron chi connectivity index (χ3n) is 3.59. The molecule has 3 aliphatic rings. The van der Waals surface area contributed by atoms with Gasteiger partial charge in [0.15, 0.2) is 0 Å². The summed E-state index contributed by atoms with van der Waals surface area (Å²) in [5, 5.41) is 8.53. The first-order chi connectivity index (χ1) is 6.25. The molecule has 0 aromatic carbocycles. The molecule has 1 unspecified atom stereocenters. The molecule has 0 spiro atoms. The molecular formula is C11H16O2. The Balaban J connectivity index is 1.97. The van der Waals surface area contributed by atoms with Crippen LogP contribution in [0.25, 0.3) is 0 Å². The minimum absolute atomic E-state index is 0.559. The molecular weight excluding hydrogens is 164 g/mol. The maximum Gasteiger partial charge on any atom is 0.327 e. The molecule has 0 amide bonds. The van der Waals surface area contributed by atoms with Gasteiger partial charge in [-0.15, -0.1) is 0 Å². The Bertz CT molecular complexity index is 224. The van der Waals surface area contributed by atoms with Gasteiger partial charge in [0, 0.05) is 6.08 Å². The van der Waals surface area contributed by atoms with E-state index < -0.39 is 5.97 Å². The molecule has 0 aromatic heterocycles. The fraction of sp³-hybridized carbons (Fsp3) is 0.727. The summed E-state index contributed by atoms with van der Waals surface area (Å²) in [7, 11) is 0. The SMILES string of the molecule is O=C(O)/C=C/C1CC2CCC1CC2. The Morgan fingerprint density at radius 1 is 1.23 bits per heavy atom. The van der Waals surface area contributed by atoms with Gasteiger partial charge >= 0.3 is 5.97 Å². The van der Waals surface area contributed by atoms with E-state index in [4.69, 9.17) is 5.11 Å². The van der Waals surface area contributed by atoms with Crippen molar-refractivity contribution in [3.8, 4) is 0 Å². The number of rotatable bonds is 2. The Morgan fingerprint density at radius 2 is 1.92 bits per heavy atom. The number of fused-ring (bicyclic) bond motifs is 3. The Hall–Kier alpha value is -0.790. The van der Waals surface area contributed by atoms with Crippen LogP contribution in [0.15, 0.2) is 12.2 Å². The van der Waals surface area contributed by atoms with Crippen molar-refractivity contribution in [2.24, 2.45) is 17.8 Å². The first-order valence-electron chi connectivity index (χ1n) is 5.17. The van der Waals surface area contributed by atoms with E-state index in [2.05, 4.69) is 0 Å². The summed E-state index contributed by atoms with van der Waals surface area (Å²) in [6, 6.07) is 0. The molecule has 3 fully saturated rings. The van der Waals surface area contributed by atoms with Crippen molar-refractivity contribution >= 4 is 5.97 Å². The smallest absolute Gasteiger partial charge is 0.327 e. The van der Waals surface area contributed by atoms with E-state index in [1.165, 1.54) is 38.2 Å². The number of hydrogen-bond acceptors (Lipinski definition) is 1. The Labute approximate surface area is 78.6 Å². The first kappa shape index (κ1) is 8.79. The van der Waals surface area contributed by atoms with Crippen LogP contribution in [0.4, 0.5) is 0 Å². The molecule has 0 heterocycles. The first-order valence-corrected chi connectivity index (χ1v) is 5.17. The zero-order valence-corrected chi connectivity index (χ0v) is 7.78. The Morgan fingerprint density at radius 3 is 2.38 bits per heavy atom. The lowest BCUT2D eigenvalue weighted by atomic mass is 9.65. The van der Waals surface area contributed by atoms with Crippen LogP contribution in [0.5, 0.6) is 0 Å². The predicted molar refractivity (Wildman–Crippen MR) is 50.3 cm³/mol. The summed E-state index contributed by atoms with van der Waals surface area (Å²) in [5.74, 6) is 1.42. The van der Waals surface area contributed by atoms with E-state index in [-0.39, 0.29) is 0 Å². The highest BCUT2D eigenvalue weighted by molar-refractivity contribution is 5.79. The molecule has 3 rings (SSSR count). The average Bonchev–Trinajstić information content (AvgIpc) is 2.17. The molecule has 1 atom stereocenters. The van der Waals surface area contributed by atoms with Crippen molar-refractivity contribution in [3.63, 3.8) is 0 Å². The topological polar surface area (TPSA) is 37.3 Å². The van der Waals surface area contributed by atoms with Crippen LogP contribution in [-0.2, 0) is 4.79 Å². The van der Waals surface area contributed by atoms with E-state index in [1.54, 1.807) is 0 Å². The molecule has 3 saturated carbocycles. The third kappa shape index (κ3) is 1.93. The third-order valence-corrected chi connectivity index (χ3v) is 3.59. The van der Waals surface area contributed by atoms with Crippen molar-refractivity contribution in [2.75, 3.05) is 0 Å². The van der Waals surface area contributed by atoms with Gasteiger partial charge in [-0.3, -0.25) is 0 Å². The summed E-state index contributed by atoms with van der Waals surface area (Å²) in [6.45, 7) is 0. The van der Waals surface area contributed by atoms with Crippen LogP contribution in [0.2, 0.25) is 0 Å². The van der Waals surface area contributed by atoms with Gasteiger partial charge in [-0.05, 0) is 37.0 Å². The number of allylic oxidation sites excluding steroid dienone is 1. The maximum atomic E-state index is 10.4. The van der Waals surface area contributed by atoms with Gasteiger partial charge in [-0.25, -0.2) is 4.79 Å². The summed E-state index contributed by atoms with van der Waals surface area (Å²) in [5.41, 5.74) is 0. The number of carboxylic acid groups (broad SMARTS) is 1. The minimum Gasteiger partial charge on any atom is -0.478 e. The monoisotopic (exact) mass is 180 g/mol. The molecule has 0 aromatic rings. The highest BCUT2D eigenvalue weighted by Gasteiger charge is 2.33. The van der Waals surface area contributed by atoms with Crippen molar-refractivity contribution in [2.45, 2.75) is 32.1 Å². The van der Waals surface area contributed by atoms with Crippen LogP contribution in [-0.4, -0.2) is 11.1 Å². The quantitative estimate of drug-likeness (QED) is 0.663. The lowest BCUT2D eigenvalue weighted by Gasteiger charge is -2.41. The van der Waals surface area contributed by atoms with Gasteiger partial charge in [0.05, 0.1) is 0 Å². The van der Waals surface area contributed by atoms with Gasteiger partial charge < -0.3 is 5.11 Å². The van der Waals surface area contributed by atoms with E-state index in [0.29, 0.717) is 5.92 Å². The molecule has 0 saturated heterocycles. The summed E-state index contributed by atoms with van der Waals surface area (Å²) < 4.78 is 0. The molecule has 1 N–H and O–H groups in total. The molecule has 0 radical (unpaired) electrons. The molecule has 2 heteroatoms. The van der Waals surface area contributed by atoms with E-state index >= 15 is 0 Å². The van der Waals surface area contributed by atoms with E-state index in [9.17, 15) is 4.79 Å². The predicted octanol–water partition coefficient (Wildman–Crippen LogP) is 2.45. The zero-order valence-electron chi connectivity index (χ0n) is 7.78. The normalized spacial score (nSPS) is 38.3. The zero-order chi connectivity index (χ0) is 9.26. The number of aliphatic carboxylic acids is 1. The van der Waals surface area contributed by atoms with Gasteiger partial charge in [-0.2, -0.15) is 0 Å². The second-order valence-corrected chi connectivity index (χ2v) is 4.38. The molecule has 3 aliphatic carbocycles.